The first kappa shape index (κ1) is 9.52. The van der Waals surface area contributed by atoms with Crippen molar-refractivity contribution in [2.75, 3.05) is 18.9 Å². The third-order valence-corrected chi connectivity index (χ3v) is 2.20. The fourth-order valence-electron chi connectivity index (χ4n) is 1.45. The number of hydrogen-bond acceptors (Lipinski definition) is 4. The average Bonchev–Trinajstić information content (AvgIpc) is 2.66. The molecule has 0 aromatic heterocycles. The maximum atomic E-state index is 5.66. The predicted molar refractivity (Wildman–Crippen MR) is 56.1 cm³/mol. The normalized spacial score (nSPS) is 21.5. The highest BCUT2D eigenvalue weighted by molar-refractivity contribution is 6.61. The SMILES string of the molecule is NCC1COB(c2cccc(N)c2)O1. The van der Waals surface area contributed by atoms with Crippen LogP contribution in [0.5, 0.6) is 0 Å². The lowest BCUT2D eigenvalue weighted by atomic mass is 9.79. The minimum Gasteiger partial charge on any atom is -0.405 e. The molecular formula is C9H13BN2O2. The van der Waals surface area contributed by atoms with Gasteiger partial charge in [-0.1, -0.05) is 12.1 Å². The van der Waals surface area contributed by atoms with Crippen LogP contribution < -0.4 is 16.9 Å². The first-order chi connectivity index (χ1) is 6.79. The number of anilines is 1. The summed E-state index contributed by atoms with van der Waals surface area (Å²) in [7, 11) is -0.313. The Hall–Kier alpha value is -1.04. The summed E-state index contributed by atoms with van der Waals surface area (Å²) < 4.78 is 11.0. The number of nitrogen functional groups attached to an aromatic ring is 1. The van der Waals surface area contributed by atoms with Crippen molar-refractivity contribution in [2.24, 2.45) is 5.73 Å². The molecule has 14 heavy (non-hydrogen) atoms. The summed E-state index contributed by atoms with van der Waals surface area (Å²) in [5.74, 6) is 0. The fraction of sp³-hybridized carbons (Fsp3) is 0.333. The summed E-state index contributed by atoms with van der Waals surface area (Å²) in [5.41, 5.74) is 12.8. The molecule has 4 N–H and O–H groups in total. The van der Waals surface area contributed by atoms with Crippen LogP contribution in [0.4, 0.5) is 5.69 Å². The van der Waals surface area contributed by atoms with Gasteiger partial charge in [-0.05, 0) is 17.6 Å². The van der Waals surface area contributed by atoms with Crippen molar-refractivity contribution in [1.29, 1.82) is 0 Å². The summed E-state index contributed by atoms with van der Waals surface area (Å²) in [5, 5.41) is 0. The first-order valence-corrected chi connectivity index (χ1v) is 4.62. The van der Waals surface area contributed by atoms with Gasteiger partial charge in [-0.2, -0.15) is 0 Å². The molecule has 0 aliphatic carbocycles. The molecule has 1 fully saturated rings. The summed E-state index contributed by atoms with van der Waals surface area (Å²) in [6.07, 6.45) is 0.00132. The number of benzene rings is 1. The summed E-state index contributed by atoms with van der Waals surface area (Å²) >= 11 is 0. The molecule has 1 aromatic carbocycles. The Morgan fingerprint density at radius 3 is 3.00 bits per heavy atom. The van der Waals surface area contributed by atoms with Crippen LogP contribution in [-0.4, -0.2) is 26.4 Å². The lowest BCUT2D eigenvalue weighted by Gasteiger charge is -2.06. The van der Waals surface area contributed by atoms with Crippen LogP contribution in [0, 0.1) is 0 Å². The predicted octanol–water partition coefficient (Wildman–Crippen LogP) is -0.662. The van der Waals surface area contributed by atoms with E-state index in [1.165, 1.54) is 0 Å². The van der Waals surface area contributed by atoms with Crippen molar-refractivity contribution in [1.82, 2.24) is 0 Å². The largest absolute Gasteiger partial charge is 0.494 e. The van der Waals surface area contributed by atoms with Crippen molar-refractivity contribution < 1.29 is 9.31 Å². The lowest BCUT2D eigenvalue weighted by Crippen LogP contribution is -2.33. The van der Waals surface area contributed by atoms with Crippen LogP contribution in [0.1, 0.15) is 0 Å². The van der Waals surface area contributed by atoms with Gasteiger partial charge < -0.3 is 20.8 Å². The Bertz CT molecular complexity index is 321. The Morgan fingerprint density at radius 2 is 2.36 bits per heavy atom. The van der Waals surface area contributed by atoms with Gasteiger partial charge in [-0.15, -0.1) is 0 Å². The molecule has 5 heteroatoms. The quantitative estimate of drug-likeness (QED) is 0.482. The number of nitrogens with two attached hydrogens (primary N) is 2. The Morgan fingerprint density at radius 1 is 1.50 bits per heavy atom. The van der Waals surface area contributed by atoms with Crippen LogP contribution in [0.3, 0.4) is 0 Å². The molecule has 1 unspecified atom stereocenters. The van der Waals surface area contributed by atoms with Crippen molar-refractivity contribution in [3.63, 3.8) is 0 Å². The van der Waals surface area contributed by atoms with Gasteiger partial charge in [0, 0.05) is 12.2 Å². The zero-order valence-electron chi connectivity index (χ0n) is 7.85. The average molecular weight is 192 g/mol. The highest BCUT2D eigenvalue weighted by Crippen LogP contribution is 2.08. The highest BCUT2D eigenvalue weighted by atomic mass is 16.6. The minimum absolute atomic E-state index is 0.00132. The zero-order chi connectivity index (χ0) is 9.97. The lowest BCUT2D eigenvalue weighted by molar-refractivity contribution is 0.244. The molecule has 4 nitrogen and oxygen atoms in total. The van der Waals surface area contributed by atoms with E-state index in [-0.39, 0.29) is 13.2 Å². The maximum Gasteiger partial charge on any atom is 0.494 e. The number of rotatable bonds is 2. The molecule has 1 aliphatic heterocycles. The molecule has 2 rings (SSSR count). The molecule has 1 aromatic rings. The molecule has 0 amide bonds. The molecule has 1 atom stereocenters. The van der Waals surface area contributed by atoms with Gasteiger partial charge in [0.2, 0.25) is 0 Å². The van der Waals surface area contributed by atoms with Gasteiger partial charge in [-0.25, -0.2) is 0 Å². The van der Waals surface area contributed by atoms with Gasteiger partial charge in [0.05, 0.1) is 12.7 Å². The van der Waals surface area contributed by atoms with Crippen LogP contribution in [0.2, 0.25) is 0 Å². The van der Waals surface area contributed by atoms with E-state index in [2.05, 4.69) is 0 Å². The molecule has 0 saturated carbocycles. The van der Waals surface area contributed by atoms with E-state index in [0.717, 1.165) is 5.46 Å². The van der Waals surface area contributed by atoms with Gasteiger partial charge in [-0.3, -0.25) is 0 Å². The standard InChI is InChI=1S/C9H13BN2O2/c11-5-9-6-13-10(14-9)7-2-1-3-8(12)4-7/h1-4,9H,5-6,11-12H2. The van der Waals surface area contributed by atoms with Crippen LogP contribution >= 0.6 is 0 Å². The molecule has 0 spiro atoms. The third kappa shape index (κ3) is 1.90. The smallest absolute Gasteiger partial charge is 0.405 e. The number of hydrogen-bond donors (Lipinski definition) is 2. The molecule has 74 valence electrons. The van der Waals surface area contributed by atoms with Gasteiger partial charge in [0.15, 0.2) is 0 Å². The van der Waals surface area contributed by atoms with Crippen molar-refractivity contribution in [3.05, 3.63) is 24.3 Å². The summed E-state index contributed by atoms with van der Waals surface area (Å²) in [4.78, 5) is 0. The van der Waals surface area contributed by atoms with Gasteiger partial charge >= 0.3 is 7.12 Å². The van der Waals surface area contributed by atoms with Gasteiger partial charge in [0.1, 0.15) is 0 Å². The third-order valence-electron chi connectivity index (χ3n) is 2.20. The fourth-order valence-corrected chi connectivity index (χ4v) is 1.45. The minimum atomic E-state index is -0.313. The van der Waals surface area contributed by atoms with Crippen molar-refractivity contribution in [2.45, 2.75) is 6.10 Å². The summed E-state index contributed by atoms with van der Waals surface area (Å²) in [6, 6.07) is 7.50. The molecule has 0 bridgehead atoms. The van der Waals surface area contributed by atoms with Crippen LogP contribution in [0.25, 0.3) is 0 Å². The van der Waals surface area contributed by atoms with Crippen LogP contribution in [0.15, 0.2) is 24.3 Å². The van der Waals surface area contributed by atoms with E-state index >= 15 is 0 Å². The van der Waals surface area contributed by atoms with Crippen molar-refractivity contribution >= 4 is 18.3 Å². The second-order valence-corrected chi connectivity index (χ2v) is 3.33. The van der Waals surface area contributed by atoms with E-state index in [0.29, 0.717) is 18.8 Å². The first-order valence-electron chi connectivity index (χ1n) is 4.62. The monoisotopic (exact) mass is 192 g/mol. The van der Waals surface area contributed by atoms with E-state index in [1.807, 2.05) is 24.3 Å². The van der Waals surface area contributed by atoms with E-state index in [4.69, 9.17) is 20.8 Å². The Labute approximate surface area is 83.3 Å². The zero-order valence-corrected chi connectivity index (χ0v) is 7.85. The topological polar surface area (TPSA) is 70.5 Å². The molecular weight excluding hydrogens is 179 g/mol. The van der Waals surface area contributed by atoms with E-state index in [9.17, 15) is 0 Å². The van der Waals surface area contributed by atoms with E-state index in [1.54, 1.807) is 0 Å². The molecule has 1 saturated heterocycles. The molecule has 1 aliphatic rings. The highest BCUT2D eigenvalue weighted by Gasteiger charge is 2.32. The molecule has 0 radical (unpaired) electrons. The maximum absolute atomic E-state index is 5.66. The van der Waals surface area contributed by atoms with Crippen molar-refractivity contribution in [3.8, 4) is 0 Å². The second-order valence-electron chi connectivity index (χ2n) is 3.33. The van der Waals surface area contributed by atoms with Gasteiger partial charge in [0.25, 0.3) is 0 Å². The second kappa shape index (κ2) is 4.00. The Balaban J connectivity index is 2.09. The van der Waals surface area contributed by atoms with E-state index < -0.39 is 0 Å². The molecule has 1 heterocycles. The summed E-state index contributed by atoms with van der Waals surface area (Å²) in [6.45, 7) is 1.04. The Kier molecular flexibility index (Phi) is 2.72. The van der Waals surface area contributed by atoms with Crippen LogP contribution in [-0.2, 0) is 9.31 Å².